The average molecular weight is 400 g/mol. The van der Waals surface area contributed by atoms with Crippen LogP contribution in [0, 0.1) is 11.8 Å². The molecule has 1 saturated carbocycles. The molecular weight excluding hydrogens is 367 g/mol. The lowest BCUT2D eigenvalue weighted by molar-refractivity contribution is -0.120. The molecule has 0 bridgehead atoms. The SMILES string of the molecule is CC(=O)c1cccc2c1OB(O)[C@@H](CC(=O)CC1CCC(C(N)CCN)CC1)C2. The maximum atomic E-state index is 12.7. The largest absolute Gasteiger partial charge is 0.535 e. The van der Waals surface area contributed by atoms with E-state index in [1.165, 1.54) is 6.92 Å². The van der Waals surface area contributed by atoms with Crippen molar-refractivity contribution in [2.75, 3.05) is 6.54 Å². The summed E-state index contributed by atoms with van der Waals surface area (Å²) in [6.07, 6.45) is 6.46. The van der Waals surface area contributed by atoms with Crippen molar-refractivity contribution in [1.82, 2.24) is 0 Å². The van der Waals surface area contributed by atoms with Gasteiger partial charge in [-0.2, -0.15) is 0 Å². The minimum Gasteiger partial charge on any atom is -0.535 e. The van der Waals surface area contributed by atoms with Gasteiger partial charge in [0.05, 0.1) is 5.56 Å². The van der Waals surface area contributed by atoms with Gasteiger partial charge < -0.3 is 21.1 Å². The first-order valence-corrected chi connectivity index (χ1v) is 10.8. The summed E-state index contributed by atoms with van der Waals surface area (Å²) in [5, 5.41) is 10.4. The number of hydrogen-bond acceptors (Lipinski definition) is 6. The molecule has 1 aliphatic carbocycles. The molecule has 0 spiro atoms. The van der Waals surface area contributed by atoms with E-state index in [0.717, 1.165) is 37.7 Å². The fourth-order valence-corrected chi connectivity index (χ4v) is 4.88. The molecule has 1 aromatic rings. The van der Waals surface area contributed by atoms with E-state index in [1.54, 1.807) is 6.07 Å². The Balaban J connectivity index is 1.52. The average Bonchev–Trinajstić information content (AvgIpc) is 2.68. The molecule has 29 heavy (non-hydrogen) atoms. The summed E-state index contributed by atoms with van der Waals surface area (Å²) in [6, 6.07) is 5.60. The van der Waals surface area contributed by atoms with Gasteiger partial charge >= 0.3 is 7.12 Å². The monoisotopic (exact) mass is 400 g/mol. The Morgan fingerprint density at radius 1 is 1.24 bits per heavy atom. The van der Waals surface area contributed by atoms with Crippen LogP contribution in [-0.2, 0) is 11.2 Å². The Hall–Kier alpha value is -1.70. The van der Waals surface area contributed by atoms with Gasteiger partial charge in [-0.15, -0.1) is 0 Å². The van der Waals surface area contributed by atoms with E-state index in [2.05, 4.69) is 0 Å². The lowest BCUT2D eigenvalue weighted by Crippen LogP contribution is -2.36. The number of ketones is 2. The third-order valence-corrected chi connectivity index (χ3v) is 6.60. The van der Waals surface area contributed by atoms with Crippen molar-refractivity contribution < 1.29 is 19.3 Å². The molecule has 0 saturated heterocycles. The van der Waals surface area contributed by atoms with Crippen LogP contribution in [0.3, 0.4) is 0 Å². The van der Waals surface area contributed by atoms with Gasteiger partial charge in [-0.1, -0.05) is 12.1 Å². The van der Waals surface area contributed by atoms with Crippen LogP contribution in [0.2, 0.25) is 5.82 Å². The first-order chi connectivity index (χ1) is 13.9. The molecule has 5 N–H and O–H groups in total. The molecule has 0 amide bonds. The summed E-state index contributed by atoms with van der Waals surface area (Å²) in [6.45, 7) is 2.11. The standard InChI is InChI=1S/C22H33BN2O4/c1-14(26)20-4-2-3-17-12-18(23(28)29-22(17)20)13-19(27)11-15-5-7-16(8-6-15)21(25)9-10-24/h2-4,15-16,18,21,28H,5-13,24-25H2,1H3/t15?,16?,18-,21?/m1/s1. The smallest absolute Gasteiger partial charge is 0.526 e. The number of Topliss-reactive ketones (excluding diaryl/α,β-unsaturated/α-hetero) is 2. The molecule has 1 aromatic carbocycles. The van der Waals surface area contributed by atoms with Crippen LogP contribution in [0.5, 0.6) is 5.75 Å². The van der Waals surface area contributed by atoms with E-state index < -0.39 is 7.12 Å². The predicted molar refractivity (Wildman–Crippen MR) is 114 cm³/mol. The fourth-order valence-electron chi connectivity index (χ4n) is 4.88. The molecule has 1 unspecified atom stereocenters. The zero-order valence-corrected chi connectivity index (χ0v) is 17.3. The van der Waals surface area contributed by atoms with Crippen LogP contribution in [0.1, 0.15) is 67.8 Å². The molecular formula is C22H33BN2O4. The summed E-state index contributed by atoms with van der Waals surface area (Å²) in [7, 11) is -1.06. The second kappa shape index (κ2) is 9.87. The van der Waals surface area contributed by atoms with Crippen molar-refractivity contribution in [1.29, 1.82) is 0 Å². The van der Waals surface area contributed by atoms with Gasteiger partial charge in [0.2, 0.25) is 0 Å². The van der Waals surface area contributed by atoms with E-state index in [1.807, 2.05) is 12.1 Å². The van der Waals surface area contributed by atoms with Gasteiger partial charge in [0.15, 0.2) is 5.78 Å². The Morgan fingerprint density at radius 2 is 1.97 bits per heavy atom. The summed E-state index contributed by atoms with van der Waals surface area (Å²) < 4.78 is 5.65. The molecule has 2 aliphatic rings. The van der Waals surface area contributed by atoms with Crippen LogP contribution in [0.25, 0.3) is 0 Å². The minimum atomic E-state index is -1.06. The molecule has 0 aromatic heterocycles. The first kappa shape index (κ1) is 22.0. The zero-order valence-electron chi connectivity index (χ0n) is 17.3. The van der Waals surface area contributed by atoms with Gasteiger partial charge in [-0.25, -0.2) is 0 Å². The molecule has 158 valence electrons. The van der Waals surface area contributed by atoms with Crippen LogP contribution < -0.4 is 16.1 Å². The van der Waals surface area contributed by atoms with Gasteiger partial charge in [0, 0.05) is 24.7 Å². The highest BCUT2D eigenvalue weighted by Gasteiger charge is 2.38. The third-order valence-electron chi connectivity index (χ3n) is 6.60. The van der Waals surface area contributed by atoms with Crippen molar-refractivity contribution in [2.45, 2.75) is 70.1 Å². The highest BCUT2D eigenvalue weighted by molar-refractivity contribution is 6.47. The molecule has 1 fully saturated rings. The van der Waals surface area contributed by atoms with Crippen molar-refractivity contribution in [3.8, 4) is 5.75 Å². The highest BCUT2D eigenvalue weighted by atomic mass is 16.5. The fraction of sp³-hybridized carbons (Fsp3) is 0.636. The van der Waals surface area contributed by atoms with Gasteiger partial charge in [-0.3, -0.25) is 9.59 Å². The molecule has 3 rings (SSSR count). The summed E-state index contributed by atoms with van der Waals surface area (Å²) in [4.78, 5) is 24.4. The normalized spacial score (nSPS) is 25.1. The van der Waals surface area contributed by atoms with Crippen molar-refractivity contribution in [3.05, 3.63) is 29.3 Å². The zero-order chi connectivity index (χ0) is 21.0. The van der Waals surface area contributed by atoms with Crippen molar-refractivity contribution >= 4 is 18.7 Å². The Bertz CT molecular complexity index is 734. The minimum absolute atomic E-state index is 0.0923. The van der Waals surface area contributed by atoms with E-state index in [4.69, 9.17) is 16.1 Å². The Kier molecular flexibility index (Phi) is 7.49. The van der Waals surface area contributed by atoms with Crippen molar-refractivity contribution in [2.24, 2.45) is 23.3 Å². The lowest BCUT2D eigenvalue weighted by atomic mass is 9.64. The van der Waals surface area contributed by atoms with E-state index in [-0.39, 0.29) is 23.4 Å². The van der Waals surface area contributed by atoms with Gasteiger partial charge in [-0.05, 0) is 75.5 Å². The van der Waals surface area contributed by atoms with Crippen LogP contribution in [0.15, 0.2) is 18.2 Å². The van der Waals surface area contributed by atoms with Crippen molar-refractivity contribution in [3.63, 3.8) is 0 Å². The quantitative estimate of drug-likeness (QED) is 0.456. The van der Waals surface area contributed by atoms with Crippen LogP contribution >= 0.6 is 0 Å². The number of para-hydroxylation sites is 1. The van der Waals surface area contributed by atoms with Crippen LogP contribution in [-0.4, -0.2) is 36.3 Å². The number of carbonyl (C=O) groups excluding carboxylic acids is 2. The lowest BCUT2D eigenvalue weighted by Gasteiger charge is -2.32. The van der Waals surface area contributed by atoms with E-state index in [0.29, 0.717) is 49.0 Å². The topological polar surface area (TPSA) is 116 Å². The number of rotatable bonds is 8. The van der Waals surface area contributed by atoms with Crippen LogP contribution in [0.4, 0.5) is 0 Å². The maximum Gasteiger partial charge on any atom is 0.526 e. The molecule has 7 heteroatoms. The Morgan fingerprint density at radius 3 is 2.62 bits per heavy atom. The predicted octanol–water partition coefficient (Wildman–Crippen LogP) is 2.51. The number of hydrogen-bond donors (Lipinski definition) is 3. The second-order valence-corrected chi connectivity index (χ2v) is 8.79. The number of nitrogens with two attached hydrogens (primary N) is 2. The van der Waals surface area contributed by atoms with Gasteiger partial charge in [0.1, 0.15) is 11.5 Å². The highest BCUT2D eigenvalue weighted by Crippen LogP contribution is 2.38. The first-order valence-electron chi connectivity index (χ1n) is 10.8. The van der Waals surface area contributed by atoms with Gasteiger partial charge in [0.25, 0.3) is 0 Å². The summed E-state index contributed by atoms with van der Waals surface area (Å²) in [5.74, 6) is 1.20. The molecule has 2 atom stereocenters. The van der Waals surface area contributed by atoms with E-state index >= 15 is 0 Å². The Labute approximate surface area is 173 Å². The number of benzene rings is 1. The maximum absolute atomic E-state index is 12.7. The summed E-state index contributed by atoms with van der Waals surface area (Å²) >= 11 is 0. The second-order valence-electron chi connectivity index (χ2n) is 8.79. The third kappa shape index (κ3) is 5.47. The molecule has 1 aliphatic heterocycles. The molecule has 0 radical (unpaired) electrons. The molecule has 1 heterocycles. The number of fused-ring (bicyclic) bond motifs is 1. The van der Waals surface area contributed by atoms with E-state index in [9.17, 15) is 14.6 Å². The number of carbonyl (C=O) groups is 2. The summed E-state index contributed by atoms with van der Waals surface area (Å²) in [5.41, 5.74) is 13.2. The molecule has 6 nitrogen and oxygen atoms in total.